The van der Waals surface area contributed by atoms with Gasteiger partial charge in [0.05, 0.1) is 0 Å². The summed E-state index contributed by atoms with van der Waals surface area (Å²) in [6.45, 7) is 3.63. The zero-order valence-corrected chi connectivity index (χ0v) is 6.59. The van der Waals surface area contributed by atoms with Gasteiger partial charge in [0.15, 0.2) is 0 Å². The molecule has 0 saturated carbocycles. The van der Waals surface area contributed by atoms with Crippen LogP contribution in [0.25, 0.3) is 6.08 Å². The molecule has 3 N–H and O–H groups in total. The van der Waals surface area contributed by atoms with Gasteiger partial charge in [-0.15, -0.1) is 0 Å². The van der Waals surface area contributed by atoms with E-state index >= 15 is 0 Å². The zero-order chi connectivity index (χ0) is 9.40. The van der Waals surface area contributed by atoms with Crippen LogP contribution in [-0.2, 0) is 0 Å². The Balaban J connectivity index is 0. The van der Waals surface area contributed by atoms with Crippen molar-refractivity contribution in [3.8, 4) is 0 Å². The average Bonchev–Trinajstić information content (AvgIpc) is 2.05. The molecule has 0 atom stereocenters. The third-order valence-corrected chi connectivity index (χ3v) is 1.04. The van der Waals surface area contributed by atoms with Crippen LogP contribution in [0.4, 0.5) is 0 Å². The number of rotatable bonds is 1. The van der Waals surface area contributed by atoms with Crippen LogP contribution in [0, 0.1) is 0 Å². The van der Waals surface area contributed by atoms with E-state index in [0.29, 0.717) is 0 Å². The van der Waals surface area contributed by atoms with Crippen LogP contribution in [0.3, 0.4) is 0 Å². The van der Waals surface area contributed by atoms with Crippen LogP contribution in [0.15, 0.2) is 36.9 Å². The van der Waals surface area contributed by atoms with Crippen molar-refractivity contribution in [2.45, 2.75) is 0 Å². The van der Waals surface area contributed by atoms with E-state index in [-0.39, 0.29) is 18.9 Å². The fraction of sp³-hybridized carbons (Fsp3) is 0. The van der Waals surface area contributed by atoms with Crippen LogP contribution in [0.1, 0.15) is 5.56 Å². The molecule has 0 bridgehead atoms. The van der Waals surface area contributed by atoms with Crippen LogP contribution in [-0.4, -0.2) is 41.3 Å². The quantitative estimate of drug-likeness (QED) is 0.509. The first-order chi connectivity index (χ1) is 5.66. The first-order valence-corrected chi connectivity index (χ1v) is 3.38. The van der Waals surface area contributed by atoms with Crippen molar-refractivity contribution in [3.63, 3.8) is 0 Å². The molecule has 5 heteroatoms. The first kappa shape index (κ1) is 15.0. The van der Waals surface area contributed by atoms with Crippen molar-refractivity contribution >= 4 is 32.3 Å². The Morgan fingerprint density at radius 3 is 1.69 bits per heavy atom. The van der Waals surface area contributed by atoms with Crippen molar-refractivity contribution < 1.29 is 15.1 Å². The molecule has 66 valence electrons. The van der Waals surface area contributed by atoms with Gasteiger partial charge in [-0.2, -0.15) is 0 Å². The molecule has 0 spiro atoms. The van der Waals surface area contributed by atoms with Crippen molar-refractivity contribution in [3.05, 3.63) is 42.5 Å². The fourth-order valence-corrected chi connectivity index (χ4v) is 0.589. The molecule has 1 aromatic rings. The fourth-order valence-electron chi connectivity index (χ4n) is 0.589. The van der Waals surface area contributed by atoms with E-state index in [0.717, 1.165) is 0 Å². The third-order valence-electron chi connectivity index (χ3n) is 1.04. The minimum atomic E-state index is -2.17. The normalized spacial score (nSPS) is 7.31. The third kappa shape index (κ3) is 11.5. The Labute approximate surface area is 90.1 Å². The molecule has 0 radical (unpaired) electrons. The molecule has 0 aliphatic heterocycles. The topological polar surface area (TPSA) is 60.7 Å². The van der Waals surface area contributed by atoms with Crippen LogP contribution in [0.5, 0.6) is 0 Å². The van der Waals surface area contributed by atoms with Crippen LogP contribution >= 0.6 is 0 Å². The van der Waals surface area contributed by atoms with Gasteiger partial charge in [0.1, 0.15) is 0 Å². The minimum absolute atomic E-state index is 0. The Morgan fingerprint density at radius 2 is 1.46 bits per heavy atom. The van der Waals surface area contributed by atoms with E-state index in [4.69, 9.17) is 15.1 Å². The molecule has 0 saturated heterocycles. The summed E-state index contributed by atoms with van der Waals surface area (Å²) < 4.78 is 0. The maximum absolute atomic E-state index is 7.17. The molecule has 13 heavy (non-hydrogen) atoms. The van der Waals surface area contributed by atoms with Gasteiger partial charge in [0.2, 0.25) is 0 Å². The van der Waals surface area contributed by atoms with Gasteiger partial charge in [-0.3, -0.25) is 0 Å². The molecular formula is C8H12BLiO3. The summed E-state index contributed by atoms with van der Waals surface area (Å²) >= 11 is 0. The maximum atomic E-state index is 7.17. The molecular weight excluding hydrogens is 162 g/mol. The summed E-state index contributed by atoms with van der Waals surface area (Å²) in [7, 11) is -2.17. The van der Waals surface area contributed by atoms with Crippen molar-refractivity contribution in [1.29, 1.82) is 0 Å². The van der Waals surface area contributed by atoms with Gasteiger partial charge in [-0.25, -0.2) is 0 Å². The summed E-state index contributed by atoms with van der Waals surface area (Å²) in [6, 6.07) is 10.0. The number of hydrogen-bond donors (Lipinski definition) is 3. The Hall–Kier alpha value is -0.498. The van der Waals surface area contributed by atoms with Gasteiger partial charge < -0.3 is 15.1 Å². The standard InChI is InChI=1S/C8H8.BH3O3.Li.H/c1-2-8-6-4-3-5-7-8;2-1(3)4;;/h2-7H,1H2;2-4H;;. The molecule has 0 aliphatic rings. The van der Waals surface area contributed by atoms with Gasteiger partial charge >= 0.3 is 26.2 Å². The Morgan fingerprint density at radius 1 is 1.08 bits per heavy atom. The SMILES string of the molecule is C=Cc1ccccc1.OB(O)O.[LiH]. The molecule has 0 fully saturated rings. The first-order valence-electron chi connectivity index (χ1n) is 3.38. The molecule has 3 nitrogen and oxygen atoms in total. The molecule has 1 aromatic carbocycles. The molecule has 0 amide bonds. The molecule has 1 rings (SSSR count). The predicted molar refractivity (Wildman–Crippen MR) is 56.1 cm³/mol. The van der Waals surface area contributed by atoms with Crippen LogP contribution in [0.2, 0.25) is 0 Å². The van der Waals surface area contributed by atoms with Crippen molar-refractivity contribution in [1.82, 2.24) is 0 Å². The van der Waals surface area contributed by atoms with E-state index in [1.54, 1.807) is 0 Å². The summed E-state index contributed by atoms with van der Waals surface area (Å²) in [5, 5.41) is 21.5. The van der Waals surface area contributed by atoms with Crippen molar-refractivity contribution in [2.24, 2.45) is 0 Å². The number of benzene rings is 1. The average molecular weight is 174 g/mol. The number of hydrogen-bond acceptors (Lipinski definition) is 3. The van der Waals surface area contributed by atoms with E-state index in [1.807, 2.05) is 36.4 Å². The van der Waals surface area contributed by atoms with Gasteiger partial charge in [-0.1, -0.05) is 43.0 Å². The molecule has 0 heterocycles. The van der Waals surface area contributed by atoms with Crippen LogP contribution < -0.4 is 0 Å². The summed E-state index contributed by atoms with van der Waals surface area (Å²) in [6.07, 6.45) is 1.83. The van der Waals surface area contributed by atoms with Gasteiger partial charge in [-0.05, 0) is 5.56 Å². The van der Waals surface area contributed by atoms with Gasteiger partial charge in [0, 0.05) is 0 Å². The van der Waals surface area contributed by atoms with Crippen molar-refractivity contribution in [2.75, 3.05) is 0 Å². The Bertz CT molecular complexity index is 213. The van der Waals surface area contributed by atoms with E-state index < -0.39 is 7.32 Å². The van der Waals surface area contributed by atoms with E-state index in [2.05, 4.69) is 6.58 Å². The van der Waals surface area contributed by atoms with Gasteiger partial charge in [0.25, 0.3) is 0 Å². The summed E-state index contributed by atoms with van der Waals surface area (Å²) in [5.41, 5.74) is 1.17. The summed E-state index contributed by atoms with van der Waals surface area (Å²) in [5.74, 6) is 0. The second kappa shape index (κ2) is 9.59. The molecule has 0 aromatic heterocycles. The molecule has 0 aliphatic carbocycles. The second-order valence-electron chi connectivity index (χ2n) is 1.96. The zero-order valence-electron chi connectivity index (χ0n) is 6.59. The molecule has 0 unspecified atom stereocenters. The predicted octanol–water partition coefficient (Wildman–Crippen LogP) is -0.371. The monoisotopic (exact) mass is 174 g/mol. The second-order valence-corrected chi connectivity index (χ2v) is 1.96. The van der Waals surface area contributed by atoms with E-state index in [1.165, 1.54) is 5.56 Å². The Kier molecular flexibility index (Phi) is 11.1. The van der Waals surface area contributed by atoms with E-state index in [9.17, 15) is 0 Å². The summed E-state index contributed by atoms with van der Waals surface area (Å²) in [4.78, 5) is 0.